The molecular formula is C14H17NO3. The van der Waals surface area contributed by atoms with Crippen molar-refractivity contribution in [3.63, 3.8) is 0 Å². The fraction of sp³-hybridized carbons (Fsp3) is 0.429. The van der Waals surface area contributed by atoms with Gasteiger partial charge in [-0.25, -0.2) is 0 Å². The van der Waals surface area contributed by atoms with Crippen molar-refractivity contribution in [3.8, 4) is 11.8 Å². The monoisotopic (exact) mass is 247 g/mol. The van der Waals surface area contributed by atoms with Crippen LogP contribution in [0.4, 0.5) is 0 Å². The summed E-state index contributed by atoms with van der Waals surface area (Å²) in [5.41, 5.74) is 0.994. The van der Waals surface area contributed by atoms with Gasteiger partial charge in [0.25, 0.3) is 0 Å². The molecule has 0 aliphatic heterocycles. The van der Waals surface area contributed by atoms with Crippen molar-refractivity contribution in [1.82, 2.24) is 0 Å². The summed E-state index contributed by atoms with van der Waals surface area (Å²) in [5.74, 6) is 6.03. The van der Waals surface area contributed by atoms with E-state index in [-0.39, 0.29) is 5.41 Å². The standard InChI is InChI=1S/C14H17NO3/c1-14(2,3)9-8-11-6-4-5-7-12(11)13(16)10-15(17)18/h4-7,13,16H,10H2,1-3H3. The maximum absolute atomic E-state index is 10.4. The summed E-state index contributed by atoms with van der Waals surface area (Å²) in [6, 6.07) is 6.97. The van der Waals surface area contributed by atoms with Gasteiger partial charge < -0.3 is 5.11 Å². The molecule has 0 spiro atoms. The van der Waals surface area contributed by atoms with Gasteiger partial charge in [0, 0.05) is 21.5 Å². The number of hydrogen-bond donors (Lipinski definition) is 1. The average Bonchev–Trinajstić information content (AvgIpc) is 2.25. The Balaban J connectivity index is 3.06. The lowest BCUT2D eigenvalue weighted by Gasteiger charge is -2.10. The van der Waals surface area contributed by atoms with Gasteiger partial charge in [0.15, 0.2) is 0 Å². The Labute approximate surface area is 107 Å². The highest BCUT2D eigenvalue weighted by Gasteiger charge is 2.16. The van der Waals surface area contributed by atoms with Gasteiger partial charge in [-0.1, -0.05) is 30.0 Å². The van der Waals surface area contributed by atoms with E-state index in [1.165, 1.54) is 0 Å². The summed E-state index contributed by atoms with van der Waals surface area (Å²) in [5, 5.41) is 20.2. The van der Waals surface area contributed by atoms with Crippen LogP contribution in [0.15, 0.2) is 24.3 Å². The molecule has 0 amide bonds. The molecule has 1 aromatic carbocycles. The highest BCUT2D eigenvalue weighted by Crippen LogP contribution is 2.18. The lowest BCUT2D eigenvalue weighted by Crippen LogP contribution is -2.13. The topological polar surface area (TPSA) is 63.4 Å². The highest BCUT2D eigenvalue weighted by atomic mass is 16.6. The second-order valence-corrected chi connectivity index (χ2v) is 5.12. The zero-order valence-corrected chi connectivity index (χ0v) is 10.8. The Morgan fingerprint density at radius 3 is 2.56 bits per heavy atom. The molecule has 18 heavy (non-hydrogen) atoms. The molecule has 1 rings (SSSR count). The molecule has 0 saturated heterocycles. The predicted octanol–water partition coefficient (Wildman–Crippen LogP) is 2.39. The number of benzene rings is 1. The van der Waals surface area contributed by atoms with Gasteiger partial charge in [0.1, 0.15) is 6.10 Å². The second kappa shape index (κ2) is 5.65. The number of hydrogen-bond acceptors (Lipinski definition) is 3. The van der Waals surface area contributed by atoms with E-state index in [0.29, 0.717) is 11.1 Å². The Morgan fingerprint density at radius 1 is 1.39 bits per heavy atom. The summed E-state index contributed by atoms with van der Waals surface area (Å²) in [4.78, 5) is 9.89. The first kappa shape index (κ1) is 14.2. The molecule has 1 N–H and O–H groups in total. The first-order valence-corrected chi connectivity index (χ1v) is 5.71. The normalized spacial score (nSPS) is 12.4. The van der Waals surface area contributed by atoms with Gasteiger partial charge in [-0.3, -0.25) is 10.1 Å². The maximum atomic E-state index is 10.4. The fourth-order valence-corrected chi connectivity index (χ4v) is 1.40. The van der Waals surface area contributed by atoms with Crippen molar-refractivity contribution in [3.05, 3.63) is 45.5 Å². The van der Waals surface area contributed by atoms with Crippen LogP contribution in [-0.4, -0.2) is 16.6 Å². The van der Waals surface area contributed by atoms with E-state index in [1.54, 1.807) is 24.3 Å². The van der Waals surface area contributed by atoms with Crippen molar-refractivity contribution in [1.29, 1.82) is 0 Å². The van der Waals surface area contributed by atoms with E-state index in [9.17, 15) is 15.2 Å². The Bertz CT molecular complexity index is 492. The molecule has 0 radical (unpaired) electrons. The minimum absolute atomic E-state index is 0.152. The summed E-state index contributed by atoms with van der Waals surface area (Å²) < 4.78 is 0. The summed E-state index contributed by atoms with van der Waals surface area (Å²) in [6.07, 6.45) is -1.12. The molecule has 0 aromatic heterocycles. The van der Waals surface area contributed by atoms with Crippen molar-refractivity contribution in [2.45, 2.75) is 26.9 Å². The molecule has 1 atom stereocenters. The molecular weight excluding hydrogens is 230 g/mol. The minimum atomic E-state index is -1.12. The predicted molar refractivity (Wildman–Crippen MR) is 69.6 cm³/mol. The van der Waals surface area contributed by atoms with Gasteiger partial charge in [-0.15, -0.1) is 0 Å². The van der Waals surface area contributed by atoms with Crippen molar-refractivity contribution in [2.75, 3.05) is 6.54 Å². The van der Waals surface area contributed by atoms with Crippen LogP contribution in [0.1, 0.15) is 38.0 Å². The van der Waals surface area contributed by atoms with Gasteiger partial charge in [0.2, 0.25) is 6.54 Å². The number of rotatable bonds is 3. The first-order chi connectivity index (χ1) is 8.29. The first-order valence-electron chi connectivity index (χ1n) is 5.71. The van der Waals surface area contributed by atoms with Crippen molar-refractivity contribution >= 4 is 0 Å². The van der Waals surface area contributed by atoms with Crippen LogP contribution in [0.3, 0.4) is 0 Å². The number of nitrogens with zero attached hydrogens (tertiary/aromatic N) is 1. The van der Waals surface area contributed by atoms with Gasteiger partial charge in [0.05, 0.1) is 0 Å². The minimum Gasteiger partial charge on any atom is -0.381 e. The lowest BCUT2D eigenvalue weighted by molar-refractivity contribution is -0.491. The number of nitro groups is 1. The molecule has 4 heteroatoms. The van der Waals surface area contributed by atoms with Crippen LogP contribution in [0.2, 0.25) is 0 Å². The second-order valence-electron chi connectivity index (χ2n) is 5.12. The van der Waals surface area contributed by atoms with Crippen LogP contribution >= 0.6 is 0 Å². The molecule has 0 heterocycles. The molecule has 0 saturated carbocycles. The lowest BCUT2D eigenvalue weighted by atomic mass is 9.96. The SMILES string of the molecule is CC(C)(C)C#Cc1ccccc1C(O)C[N+](=O)[O-]. The largest absolute Gasteiger partial charge is 0.381 e. The quantitative estimate of drug-likeness (QED) is 0.506. The van der Waals surface area contributed by atoms with Crippen LogP contribution in [0.25, 0.3) is 0 Å². The van der Waals surface area contributed by atoms with Crippen LogP contribution < -0.4 is 0 Å². The molecule has 1 unspecified atom stereocenters. The Morgan fingerprint density at radius 2 is 2.00 bits per heavy atom. The van der Waals surface area contributed by atoms with E-state index in [4.69, 9.17) is 0 Å². The van der Waals surface area contributed by atoms with Crippen LogP contribution in [-0.2, 0) is 0 Å². The highest BCUT2D eigenvalue weighted by molar-refractivity contribution is 5.43. The van der Waals surface area contributed by atoms with E-state index in [2.05, 4.69) is 11.8 Å². The van der Waals surface area contributed by atoms with Gasteiger partial charge in [-0.05, 0) is 26.8 Å². The van der Waals surface area contributed by atoms with Crippen LogP contribution in [0.5, 0.6) is 0 Å². The molecule has 0 bridgehead atoms. The smallest absolute Gasteiger partial charge is 0.233 e. The third-order valence-corrected chi connectivity index (χ3v) is 2.21. The van der Waals surface area contributed by atoms with E-state index in [0.717, 1.165) is 0 Å². The maximum Gasteiger partial charge on any atom is 0.233 e. The van der Waals surface area contributed by atoms with E-state index < -0.39 is 17.6 Å². The van der Waals surface area contributed by atoms with Gasteiger partial charge in [-0.2, -0.15) is 0 Å². The van der Waals surface area contributed by atoms with Crippen LogP contribution in [0, 0.1) is 27.4 Å². The van der Waals surface area contributed by atoms with Gasteiger partial charge >= 0.3 is 0 Å². The zero-order valence-electron chi connectivity index (χ0n) is 10.8. The summed E-state index contributed by atoms with van der Waals surface area (Å²) >= 11 is 0. The molecule has 4 nitrogen and oxygen atoms in total. The Hall–Kier alpha value is -1.86. The van der Waals surface area contributed by atoms with Crippen molar-refractivity contribution < 1.29 is 10.0 Å². The third kappa shape index (κ3) is 4.56. The number of aliphatic hydroxyl groups is 1. The molecule has 0 fully saturated rings. The molecule has 96 valence electrons. The van der Waals surface area contributed by atoms with E-state index >= 15 is 0 Å². The summed E-state index contributed by atoms with van der Waals surface area (Å²) in [7, 11) is 0. The van der Waals surface area contributed by atoms with Crippen molar-refractivity contribution in [2.24, 2.45) is 5.41 Å². The number of aliphatic hydroxyl groups excluding tert-OH is 1. The van der Waals surface area contributed by atoms with E-state index in [1.807, 2.05) is 20.8 Å². The Kier molecular flexibility index (Phi) is 4.46. The zero-order chi connectivity index (χ0) is 13.8. The third-order valence-electron chi connectivity index (χ3n) is 2.21. The molecule has 0 aliphatic carbocycles. The molecule has 0 aliphatic rings. The summed E-state index contributed by atoms with van der Waals surface area (Å²) in [6.45, 7) is 5.44. The molecule has 1 aromatic rings. The fourth-order valence-electron chi connectivity index (χ4n) is 1.40. The average molecular weight is 247 g/mol.